The Morgan fingerprint density at radius 1 is 1.56 bits per heavy atom. The fraction of sp³-hybridized carbons (Fsp3) is 0.636. The number of rotatable bonds is 7. The Hall–Kier alpha value is -0.920. The van der Waals surface area contributed by atoms with Gasteiger partial charge in [-0.3, -0.25) is 4.79 Å². The lowest BCUT2D eigenvalue weighted by Gasteiger charge is -2.14. The van der Waals surface area contributed by atoms with Crippen molar-refractivity contribution in [3.63, 3.8) is 0 Å². The van der Waals surface area contributed by atoms with E-state index in [0.717, 1.165) is 13.1 Å². The van der Waals surface area contributed by atoms with Crippen LogP contribution in [0.5, 0.6) is 0 Å². The maximum Gasteiger partial charge on any atom is 0.283 e. The maximum absolute atomic E-state index is 11.8. The molecule has 6 nitrogen and oxygen atoms in total. The molecule has 3 N–H and O–H groups in total. The number of anilines is 1. The molecule has 0 saturated carbocycles. The smallest absolute Gasteiger partial charge is 0.283 e. The predicted octanol–water partition coefficient (Wildman–Crippen LogP) is 0.265. The summed E-state index contributed by atoms with van der Waals surface area (Å²) in [5.74, 6) is 0.446. The van der Waals surface area contributed by atoms with Gasteiger partial charge in [0.1, 0.15) is 4.47 Å². The van der Waals surface area contributed by atoms with Gasteiger partial charge in [-0.05, 0) is 35.4 Å². The van der Waals surface area contributed by atoms with Crippen LogP contribution in [0.4, 0.5) is 5.69 Å². The summed E-state index contributed by atoms with van der Waals surface area (Å²) in [4.78, 5) is 11.8. The Labute approximate surface area is 115 Å². The minimum absolute atomic E-state index is 0.106. The van der Waals surface area contributed by atoms with Crippen LogP contribution in [0.1, 0.15) is 6.92 Å². The third-order valence-corrected chi connectivity index (χ3v) is 3.26. The lowest BCUT2D eigenvalue weighted by atomic mass is 10.2. The van der Waals surface area contributed by atoms with Crippen LogP contribution in [0.3, 0.4) is 0 Å². The molecular weight excluding hydrogens is 300 g/mol. The molecule has 102 valence electrons. The van der Waals surface area contributed by atoms with E-state index in [1.54, 1.807) is 6.20 Å². The van der Waals surface area contributed by atoms with Crippen molar-refractivity contribution in [3.05, 3.63) is 21.0 Å². The zero-order valence-corrected chi connectivity index (χ0v) is 12.2. The van der Waals surface area contributed by atoms with Gasteiger partial charge in [-0.25, -0.2) is 4.68 Å². The summed E-state index contributed by atoms with van der Waals surface area (Å²) in [5, 5.41) is 19.1. The van der Waals surface area contributed by atoms with Crippen molar-refractivity contribution in [1.29, 1.82) is 0 Å². The second kappa shape index (κ2) is 7.50. The van der Waals surface area contributed by atoms with Crippen LogP contribution in [-0.4, -0.2) is 41.6 Å². The monoisotopic (exact) mass is 318 g/mol. The molecule has 7 heteroatoms. The third-order valence-electron chi connectivity index (χ3n) is 2.49. The second-order valence-electron chi connectivity index (χ2n) is 4.17. The summed E-state index contributed by atoms with van der Waals surface area (Å²) < 4.78 is 1.68. The molecule has 1 atom stereocenters. The largest absolute Gasteiger partial charge is 0.394 e. The van der Waals surface area contributed by atoms with Gasteiger partial charge in [-0.2, -0.15) is 5.10 Å². The van der Waals surface area contributed by atoms with Gasteiger partial charge in [0, 0.05) is 6.54 Å². The molecule has 1 heterocycles. The Morgan fingerprint density at radius 2 is 2.28 bits per heavy atom. The summed E-state index contributed by atoms with van der Waals surface area (Å²) in [5.41, 5.74) is 0.437. The van der Waals surface area contributed by atoms with Crippen molar-refractivity contribution in [3.8, 4) is 0 Å². The lowest BCUT2D eigenvalue weighted by Crippen LogP contribution is -2.27. The highest BCUT2D eigenvalue weighted by molar-refractivity contribution is 9.10. The lowest BCUT2D eigenvalue weighted by molar-refractivity contribution is 0.266. The Kier molecular flexibility index (Phi) is 6.31. The van der Waals surface area contributed by atoms with E-state index in [1.165, 1.54) is 4.68 Å². The summed E-state index contributed by atoms with van der Waals surface area (Å²) in [6.45, 7) is 3.86. The van der Waals surface area contributed by atoms with Gasteiger partial charge in [0.25, 0.3) is 5.56 Å². The molecule has 0 amide bonds. The van der Waals surface area contributed by atoms with Crippen molar-refractivity contribution >= 4 is 21.6 Å². The number of hydrogen-bond donors (Lipinski definition) is 3. The molecule has 0 aliphatic carbocycles. The van der Waals surface area contributed by atoms with Crippen LogP contribution >= 0.6 is 15.9 Å². The molecular formula is C11H19BrN4O2. The average Bonchev–Trinajstić information content (AvgIpc) is 2.35. The van der Waals surface area contributed by atoms with Crippen molar-refractivity contribution in [2.75, 3.05) is 32.1 Å². The van der Waals surface area contributed by atoms with Crippen LogP contribution in [0.25, 0.3) is 0 Å². The van der Waals surface area contributed by atoms with Gasteiger partial charge in [0.15, 0.2) is 0 Å². The molecule has 0 bridgehead atoms. The zero-order valence-electron chi connectivity index (χ0n) is 10.6. The van der Waals surface area contributed by atoms with Gasteiger partial charge in [-0.1, -0.05) is 6.92 Å². The van der Waals surface area contributed by atoms with E-state index in [9.17, 15) is 4.79 Å². The number of hydrogen-bond acceptors (Lipinski definition) is 5. The normalized spacial score (nSPS) is 12.4. The van der Waals surface area contributed by atoms with E-state index < -0.39 is 0 Å². The number of aromatic nitrogens is 2. The number of aliphatic hydroxyl groups is 1. The molecule has 0 saturated heterocycles. The van der Waals surface area contributed by atoms with Crippen LogP contribution in [0.2, 0.25) is 0 Å². The average molecular weight is 319 g/mol. The minimum atomic E-state index is -0.240. The van der Waals surface area contributed by atoms with E-state index in [0.29, 0.717) is 16.1 Å². The van der Waals surface area contributed by atoms with Crippen LogP contribution in [-0.2, 0) is 6.54 Å². The Balaban J connectivity index is 2.73. The Bertz CT molecular complexity index is 436. The van der Waals surface area contributed by atoms with Crippen molar-refractivity contribution in [2.24, 2.45) is 5.92 Å². The predicted molar refractivity (Wildman–Crippen MR) is 74.9 cm³/mol. The summed E-state index contributed by atoms with van der Waals surface area (Å²) in [6, 6.07) is 0. The van der Waals surface area contributed by atoms with Gasteiger partial charge >= 0.3 is 0 Å². The molecule has 0 aliphatic rings. The van der Waals surface area contributed by atoms with Gasteiger partial charge in [-0.15, -0.1) is 0 Å². The molecule has 0 fully saturated rings. The molecule has 1 aromatic rings. The molecule has 1 rings (SSSR count). The highest BCUT2D eigenvalue weighted by atomic mass is 79.9. The molecule has 0 spiro atoms. The third kappa shape index (κ3) is 4.08. The first-order valence-corrected chi connectivity index (χ1v) is 6.64. The minimum Gasteiger partial charge on any atom is -0.394 e. The van der Waals surface area contributed by atoms with Gasteiger partial charge < -0.3 is 15.7 Å². The first kappa shape index (κ1) is 15.1. The Morgan fingerprint density at radius 3 is 2.89 bits per heavy atom. The van der Waals surface area contributed by atoms with Gasteiger partial charge in [0.05, 0.1) is 25.0 Å². The standard InChI is InChI=1S/C11H19BrN4O2/c1-8(5-13-2)6-14-9-7-15-16(3-4-17)11(18)10(9)12/h7-8,13-14,17H,3-6H2,1-2H3. The molecule has 0 aromatic carbocycles. The number of halogens is 1. The fourth-order valence-electron chi connectivity index (χ4n) is 1.55. The van der Waals surface area contributed by atoms with Crippen molar-refractivity contribution < 1.29 is 5.11 Å². The molecule has 18 heavy (non-hydrogen) atoms. The van der Waals surface area contributed by atoms with Crippen LogP contribution < -0.4 is 16.2 Å². The van der Waals surface area contributed by atoms with Crippen LogP contribution in [0, 0.1) is 5.92 Å². The highest BCUT2D eigenvalue weighted by Gasteiger charge is 2.09. The number of nitrogens with one attached hydrogen (secondary N) is 2. The second-order valence-corrected chi connectivity index (χ2v) is 4.96. The SMILES string of the molecule is CNCC(C)CNc1cnn(CCO)c(=O)c1Br. The topological polar surface area (TPSA) is 79.2 Å². The van der Waals surface area contributed by atoms with Crippen molar-refractivity contribution in [2.45, 2.75) is 13.5 Å². The highest BCUT2D eigenvalue weighted by Crippen LogP contribution is 2.16. The quantitative estimate of drug-likeness (QED) is 0.672. The van der Waals surface area contributed by atoms with E-state index in [2.05, 4.69) is 38.6 Å². The first-order chi connectivity index (χ1) is 8.60. The number of nitrogens with zero attached hydrogens (tertiary/aromatic N) is 2. The van der Waals surface area contributed by atoms with E-state index in [-0.39, 0.29) is 18.7 Å². The van der Waals surface area contributed by atoms with E-state index in [4.69, 9.17) is 5.11 Å². The zero-order chi connectivity index (χ0) is 13.5. The maximum atomic E-state index is 11.8. The van der Waals surface area contributed by atoms with E-state index >= 15 is 0 Å². The molecule has 0 radical (unpaired) electrons. The summed E-state index contributed by atoms with van der Waals surface area (Å²) >= 11 is 3.26. The van der Waals surface area contributed by atoms with Crippen LogP contribution in [0.15, 0.2) is 15.5 Å². The van der Waals surface area contributed by atoms with E-state index in [1.807, 2.05) is 7.05 Å². The molecule has 1 aromatic heterocycles. The summed E-state index contributed by atoms with van der Waals surface area (Å²) in [6.07, 6.45) is 1.59. The first-order valence-electron chi connectivity index (χ1n) is 5.85. The van der Waals surface area contributed by atoms with Crippen molar-refractivity contribution in [1.82, 2.24) is 15.1 Å². The number of aliphatic hydroxyl groups excluding tert-OH is 1. The molecule has 1 unspecified atom stereocenters. The van der Waals surface area contributed by atoms with Gasteiger partial charge in [0.2, 0.25) is 0 Å². The summed E-state index contributed by atoms with van der Waals surface area (Å²) in [7, 11) is 1.91. The fourth-order valence-corrected chi connectivity index (χ4v) is 1.99. The molecule has 0 aliphatic heterocycles.